The van der Waals surface area contributed by atoms with Crippen LogP contribution in [0.4, 0.5) is 0 Å². The van der Waals surface area contributed by atoms with E-state index < -0.39 is 0 Å². The normalized spacial score (nSPS) is 22.7. The number of likely N-dealkylation sites (tertiary alicyclic amines) is 1. The Bertz CT molecular complexity index is 463. The highest BCUT2D eigenvalue weighted by Crippen LogP contribution is 2.25. The molecule has 0 aromatic heterocycles. The van der Waals surface area contributed by atoms with Gasteiger partial charge in [-0.2, -0.15) is 0 Å². The molecule has 0 radical (unpaired) electrons. The number of carbonyl (C=O) groups is 1. The van der Waals surface area contributed by atoms with Crippen LogP contribution < -0.4 is 4.74 Å². The van der Waals surface area contributed by atoms with Gasteiger partial charge in [0.25, 0.3) is 5.91 Å². The zero-order chi connectivity index (χ0) is 14.7. The van der Waals surface area contributed by atoms with E-state index in [1.165, 1.54) is 6.42 Å². The molecule has 0 saturated carbocycles. The molecule has 1 fully saturated rings. The van der Waals surface area contributed by atoms with Crippen molar-refractivity contribution in [1.29, 1.82) is 0 Å². The van der Waals surface area contributed by atoms with E-state index in [4.69, 9.17) is 27.9 Å². The maximum atomic E-state index is 12.2. The van der Waals surface area contributed by atoms with Crippen LogP contribution in [-0.2, 0) is 4.79 Å². The molecule has 1 aliphatic heterocycles. The molecule has 0 N–H and O–H groups in total. The first-order valence-corrected chi connectivity index (χ1v) is 7.56. The number of hydrogen-bond acceptors (Lipinski definition) is 2. The van der Waals surface area contributed by atoms with Crippen molar-refractivity contribution in [3.05, 3.63) is 28.2 Å². The van der Waals surface area contributed by atoms with Gasteiger partial charge in [-0.15, -0.1) is 0 Å². The third-order valence-electron chi connectivity index (χ3n) is 3.42. The van der Waals surface area contributed by atoms with Gasteiger partial charge in [0, 0.05) is 23.1 Å². The van der Waals surface area contributed by atoms with Crippen LogP contribution in [0.5, 0.6) is 5.75 Å². The van der Waals surface area contributed by atoms with Gasteiger partial charge in [0.05, 0.1) is 0 Å². The third-order valence-corrected chi connectivity index (χ3v) is 3.86. The van der Waals surface area contributed by atoms with E-state index >= 15 is 0 Å². The fourth-order valence-corrected chi connectivity index (χ4v) is 3.22. The minimum absolute atomic E-state index is 0.0134. The van der Waals surface area contributed by atoms with Gasteiger partial charge in [0.2, 0.25) is 0 Å². The fraction of sp³-hybridized carbons (Fsp3) is 0.533. The molecule has 1 heterocycles. The van der Waals surface area contributed by atoms with Crippen molar-refractivity contribution >= 4 is 29.1 Å². The summed E-state index contributed by atoms with van der Waals surface area (Å²) < 4.78 is 5.49. The number of piperidine rings is 1. The number of carbonyl (C=O) groups excluding carboxylic acids is 1. The number of nitrogens with zero attached hydrogens (tertiary/aromatic N) is 1. The van der Waals surface area contributed by atoms with Crippen LogP contribution in [0.1, 0.15) is 20.3 Å². The lowest BCUT2D eigenvalue weighted by Gasteiger charge is -2.34. The lowest BCUT2D eigenvalue weighted by Crippen LogP contribution is -2.44. The highest BCUT2D eigenvalue weighted by molar-refractivity contribution is 6.34. The highest BCUT2D eigenvalue weighted by atomic mass is 35.5. The Hall–Kier alpha value is -0.930. The van der Waals surface area contributed by atoms with E-state index in [2.05, 4.69) is 13.8 Å². The second kappa shape index (κ2) is 6.68. The van der Waals surface area contributed by atoms with Crippen LogP contribution in [0.3, 0.4) is 0 Å². The van der Waals surface area contributed by atoms with Gasteiger partial charge < -0.3 is 9.64 Å². The number of ether oxygens (including phenoxy) is 1. The molecule has 2 unspecified atom stereocenters. The quantitative estimate of drug-likeness (QED) is 0.847. The number of benzene rings is 1. The number of rotatable bonds is 3. The molecule has 110 valence electrons. The highest BCUT2D eigenvalue weighted by Gasteiger charge is 2.25. The Morgan fingerprint density at radius 1 is 1.20 bits per heavy atom. The van der Waals surface area contributed by atoms with Gasteiger partial charge >= 0.3 is 0 Å². The SMILES string of the molecule is CC1CC(C)CN(C(=O)COc2cc(Cl)cc(Cl)c2)C1. The molecule has 1 saturated heterocycles. The van der Waals surface area contributed by atoms with Gasteiger partial charge in [-0.3, -0.25) is 4.79 Å². The smallest absolute Gasteiger partial charge is 0.260 e. The average molecular weight is 316 g/mol. The largest absolute Gasteiger partial charge is 0.484 e. The first kappa shape index (κ1) is 15.5. The van der Waals surface area contributed by atoms with E-state index in [1.54, 1.807) is 18.2 Å². The van der Waals surface area contributed by atoms with Crippen LogP contribution >= 0.6 is 23.2 Å². The van der Waals surface area contributed by atoms with Gasteiger partial charge in [0.15, 0.2) is 6.61 Å². The number of hydrogen-bond donors (Lipinski definition) is 0. The molecule has 0 spiro atoms. The van der Waals surface area contributed by atoms with Crippen LogP contribution in [0.15, 0.2) is 18.2 Å². The van der Waals surface area contributed by atoms with Crippen molar-refractivity contribution in [2.45, 2.75) is 20.3 Å². The lowest BCUT2D eigenvalue weighted by atomic mass is 9.92. The van der Waals surface area contributed by atoms with Crippen molar-refractivity contribution in [3.63, 3.8) is 0 Å². The Morgan fingerprint density at radius 3 is 2.30 bits per heavy atom. The summed E-state index contributed by atoms with van der Waals surface area (Å²) in [6.07, 6.45) is 1.18. The van der Waals surface area contributed by atoms with Crippen molar-refractivity contribution in [2.75, 3.05) is 19.7 Å². The van der Waals surface area contributed by atoms with Gasteiger partial charge in [0.1, 0.15) is 5.75 Å². The Labute approximate surface area is 129 Å². The average Bonchev–Trinajstić information content (AvgIpc) is 2.33. The molecule has 0 bridgehead atoms. The van der Waals surface area contributed by atoms with Crippen molar-refractivity contribution < 1.29 is 9.53 Å². The summed E-state index contributed by atoms with van der Waals surface area (Å²) in [5.41, 5.74) is 0. The van der Waals surface area contributed by atoms with E-state index in [-0.39, 0.29) is 12.5 Å². The fourth-order valence-electron chi connectivity index (χ4n) is 2.71. The predicted molar refractivity (Wildman–Crippen MR) is 81.5 cm³/mol. The first-order chi connectivity index (χ1) is 9.44. The molecule has 1 amide bonds. The van der Waals surface area contributed by atoms with Crippen LogP contribution in [0.2, 0.25) is 10.0 Å². The topological polar surface area (TPSA) is 29.5 Å². The Balaban J connectivity index is 1.91. The summed E-state index contributed by atoms with van der Waals surface area (Å²) in [7, 11) is 0. The molecule has 1 aromatic carbocycles. The van der Waals surface area contributed by atoms with Crippen molar-refractivity contribution in [2.24, 2.45) is 11.8 Å². The Morgan fingerprint density at radius 2 is 1.75 bits per heavy atom. The van der Waals surface area contributed by atoms with Gasteiger partial charge in [-0.25, -0.2) is 0 Å². The summed E-state index contributed by atoms with van der Waals surface area (Å²) in [6.45, 7) is 5.99. The molecule has 1 aliphatic rings. The van der Waals surface area contributed by atoms with Gasteiger partial charge in [-0.05, 0) is 36.5 Å². The lowest BCUT2D eigenvalue weighted by molar-refractivity contribution is -0.136. The standard InChI is InChI=1S/C15H19Cl2NO2/c1-10-3-11(2)8-18(7-10)15(19)9-20-14-5-12(16)4-13(17)6-14/h4-6,10-11H,3,7-9H2,1-2H3. The molecule has 2 atom stereocenters. The van der Waals surface area contributed by atoms with Gasteiger partial charge in [-0.1, -0.05) is 37.0 Å². The maximum absolute atomic E-state index is 12.2. The zero-order valence-corrected chi connectivity index (χ0v) is 13.2. The Kier molecular flexibility index (Phi) is 5.17. The second-order valence-corrected chi connectivity index (χ2v) is 6.51. The number of amides is 1. The molecule has 0 aliphatic carbocycles. The monoisotopic (exact) mass is 315 g/mol. The third kappa shape index (κ3) is 4.29. The minimum atomic E-state index is 0.0134. The molecule has 3 nitrogen and oxygen atoms in total. The van der Waals surface area contributed by atoms with Crippen LogP contribution in [-0.4, -0.2) is 30.5 Å². The van der Waals surface area contributed by atoms with E-state index in [1.807, 2.05) is 4.90 Å². The van der Waals surface area contributed by atoms with E-state index in [9.17, 15) is 4.79 Å². The molecular formula is C15H19Cl2NO2. The summed E-state index contributed by atoms with van der Waals surface area (Å²) in [5, 5.41) is 1.00. The summed E-state index contributed by atoms with van der Waals surface area (Å²) in [4.78, 5) is 14.0. The van der Waals surface area contributed by atoms with Crippen LogP contribution in [0.25, 0.3) is 0 Å². The summed E-state index contributed by atoms with van der Waals surface area (Å²) in [5.74, 6) is 1.63. The summed E-state index contributed by atoms with van der Waals surface area (Å²) in [6, 6.07) is 4.94. The second-order valence-electron chi connectivity index (χ2n) is 5.64. The summed E-state index contributed by atoms with van der Waals surface area (Å²) >= 11 is 11.8. The van der Waals surface area contributed by atoms with Crippen molar-refractivity contribution in [3.8, 4) is 5.75 Å². The molecule has 5 heteroatoms. The molecular weight excluding hydrogens is 297 g/mol. The molecule has 2 rings (SSSR count). The number of halogens is 2. The van der Waals surface area contributed by atoms with Crippen LogP contribution in [0, 0.1) is 11.8 Å². The van der Waals surface area contributed by atoms with E-state index in [0.29, 0.717) is 27.6 Å². The predicted octanol–water partition coefficient (Wildman–Crippen LogP) is 3.88. The minimum Gasteiger partial charge on any atom is -0.484 e. The zero-order valence-electron chi connectivity index (χ0n) is 11.7. The van der Waals surface area contributed by atoms with Crippen molar-refractivity contribution in [1.82, 2.24) is 4.90 Å². The molecule has 1 aromatic rings. The first-order valence-electron chi connectivity index (χ1n) is 6.80. The van der Waals surface area contributed by atoms with E-state index in [0.717, 1.165) is 13.1 Å². The molecule has 20 heavy (non-hydrogen) atoms. The maximum Gasteiger partial charge on any atom is 0.260 e.